The summed E-state index contributed by atoms with van der Waals surface area (Å²) in [5.74, 6) is 0. The van der Waals surface area contributed by atoms with Gasteiger partial charge in [-0.1, -0.05) is 6.07 Å². The fraction of sp³-hybridized carbons (Fsp3) is 0.375. The molecule has 0 aromatic carbocycles. The predicted molar refractivity (Wildman–Crippen MR) is 80.2 cm³/mol. The molecule has 4 heteroatoms. The number of β-amino-alcohol motifs (C(OH)–C–C–N with tert-alkyl or cyclic N) is 1. The minimum atomic E-state index is -0.615. The molecule has 0 fully saturated rings. The van der Waals surface area contributed by atoms with Crippen LogP contribution in [0.15, 0.2) is 42.7 Å². The smallest absolute Gasteiger partial charge is 0.108 e. The lowest BCUT2D eigenvalue weighted by molar-refractivity contribution is 0.159. The average molecular weight is 271 g/mol. The molecular weight excluding hydrogens is 250 g/mol. The Bertz CT molecular complexity index is 549. The third kappa shape index (κ3) is 4.11. The van der Waals surface area contributed by atoms with Crippen molar-refractivity contribution >= 4 is 0 Å². The lowest BCUT2D eigenvalue weighted by atomic mass is 10.1. The maximum atomic E-state index is 10.2. The van der Waals surface area contributed by atoms with Crippen molar-refractivity contribution in [2.24, 2.45) is 0 Å². The van der Waals surface area contributed by atoms with E-state index >= 15 is 0 Å². The van der Waals surface area contributed by atoms with E-state index in [0.717, 1.165) is 11.3 Å². The Morgan fingerprint density at radius 3 is 2.50 bits per heavy atom. The van der Waals surface area contributed by atoms with Gasteiger partial charge in [0.05, 0.1) is 11.4 Å². The first-order chi connectivity index (χ1) is 9.46. The molecule has 106 valence electrons. The van der Waals surface area contributed by atoms with Crippen LogP contribution in [0.4, 0.5) is 0 Å². The van der Waals surface area contributed by atoms with Crippen LogP contribution in [-0.4, -0.2) is 27.2 Å². The average Bonchev–Trinajstić information content (AvgIpc) is 2.45. The van der Waals surface area contributed by atoms with Crippen molar-refractivity contribution < 1.29 is 5.11 Å². The Kier molecular flexibility index (Phi) is 4.47. The number of hydrogen-bond acceptors (Lipinski definition) is 4. The molecule has 0 saturated heterocycles. The SMILES string of the molecule is CC(C)(C)NC[C@H](O)c1cccc(-c2ccncc2)n1. The fourth-order valence-corrected chi connectivity index (χ4v) is 1.83. The van der Waals surface area contributed by atoms with Crippen LogP contribution in [0.2, 0.25) is 0 Å². The molecule has 0 aliphatic carbocycles. The summed E-state index contributed by atoms with van der Waals surface area (Å²) >= 11 is 0. The number of aromatic nitrogens is 2. The Hall–Kier alpha value is -1.78. The molecule has 0 spiro atoms. The normalized spacial score (nSPS) is 13.2. The van der Waals surface area contributed by atoms with Crippen LogP contribution in [0.25, 0.3) is 11.3 Å². The number of rotatable bonds is 4. The largest absolute Gasteiger partial charge is 0.385 e. The number of pyridine rings is 2. The van der Waals surface area contributed by atoms with Gasteiger partial charge in [-0.3, -0.25) is 9.97 Å². The van der Waals surface area contributed by atoms with E-state index in [1.54, 1.807) is 12.4 Å². The van der Waals surface area contributed by atoms with Gasteiger partial charge in [-0.15, -0.1) is 0 Å². The zero-order chi connectivity index (χ0) is 14.6. The molecule has 2 aromatic rings. The molecule has 0 amide bonds. The molecule has 2 N–H and O–H groups in total. The summed E-state index contributed by atoms with van der Waals surface area (Å²) in [4.78, 5) is 8.52. The highest BCUT2D eigenvalue weighted by atomic mass is 16.3. The number of aliphatic hydroxyl groups is 1. The van der Waals surface area contributed by atoms with Crippen molar-refractivity contribution in [3.63, 3.8) is 0 Å². The highest BCUT2D eigenvalue weighted by Crippen LogP contribution is 2.18. The molecular formula is C16H21N3O. The van der Waals surface area contributed by atoms with Gasteiger partial charge in [0, 0.05) is 30.0 Å². The van der Waals surface area contributed by atoms with E-state index in [1.807, 2.05) is 30.3 Å². The molecule has 0 aliphatic rings. The van der Waals surface area contributed by atoms with Crippen LogP contribution >= 0.6 is 0 Å². The number of aliphatic hydroxyl groups excluding tert-OH is 1. The molecule has 0 aliphatic heterocycles. The van der Waals surface area contributed by atoms with Gasteiger partial charge in [-0.05, 0) is 45.0 Å². The highest BCUT2D eigenvalue weighted by Gasteiger charge is 2.15. The summed E-state index contributed by atoms with van der Waals surface area (Å²) in [5.41, 5.74) is 2.50. The molecule has 4 nitrogen and oxygen atoms in total. The molecule has 1 atom stereocenters. The zero-order valence-electron chi connectivity index (χ0n) is 12.2. The highest BCUT2D eigenvalue weighted by molar-refractivity contribution is 5.58. The van der Waals surface area contributed by atoms with Gasteiger partial charge < -0.3 is 10.4 Å². The monoisotopic (exact) mass is 271 g/mol. The molecule has 20 heavy (non-hydrogen) atoms. The summed E-state index contributed by atoms with van der Waals surface area (Å²) in [7, 11) is 0. The van der Waals surface area contributed by atoms with Crippen LogP contribution in [0, 0.1) is 0 Å². The standard InChI is InChI=1S/C16H21N3O/c1-16(2,3)18-11-15(20)14-6-4-5-13(19-14)12-7-9-17-10-8-12/h4-10,15,18,20H,11H2,1-3H3/t15-/m0/s1. The summed E-state index contributed by atoms with van der Waals surface area (Å²) in [6, 6.07) is 9.51. The third-order valence-corrected chi connectivity index (χ3v) is 2.91. The van der Waals surface area contributed by atoms with Crippen molar-refractivity contribution in [3.8, 4) is 11.3 Å². The summed E-state index contributed by atoms with van der Waals surface area (Å²) in [6.07, 6.45) is 2.86. The van der Waals surface area contributed by atoms with Gasteiger partial charge in [0.1, 0.15) is 6.10 Å². The quantitative estimate of drug-likeness (QED) is 0.897. The lowest BCUT2D eigenvalue weighted by Gasteiger charge is -2.22. The maximum absolute atomic E-state index is 10.2. The van der Waals surface area contributed by atoms with E-state index < -0.39 is 6.10 Å². The molecule has 0 saturated carbocycles. The first-order valence-corrected chi connectivity index (χ1v) is 6.76. The van der Waals surface area contributed by atoms with E-state index in [-0.39, 0.29) is 5.54 Å². The van der Waals surface area contributed by atoms with Crippen molar-refractivity contribution in [3.05, 3.63) is 48.4 Å². The van der Waals surface area contributed by atoms with E-state index in [4.69, 9.17) is 0 Å². The molecule has 2 rings (SSSR count). The molecule has 2 heterocycles. The van der Waals surface area contributed by atoms with Crippen LogP contribution < -0.4 is 5.32 Å². The second-order valence-corrected chi connectivity index (χ2v) is 5.83. The molecule has 0 unspecified atom stereocenters. The first-order valence-electron chi connectivity index (χ1n) is 6.76. The zero-order valence-corrected chi connectivity index (χ0v) is 12.2. The van der Waals surface area contributed by atoms with Crippen LogP contribution in [0.5, 0.6) is 0 Å². The van der Waals surface area contributed by atoms with E-state index in [1.165, 1.54) is 0 Å². The van der Waals surface area contributed by atoms with Gasteiger partial charge >= 0.3 is 0 Å². The van der Waals surface area contributed by atoms with Gasteiger partial charge in [0.25, 0.3) is 0 Å². The first kappa shape index (κ1) is 14.6. The van der Waals surface area contributed by atoms with Crippen LogP contribution in [0.3, 0.4) is 0 Å². The van der Waals surface area contributed by atoms with Crippen molar-refractivity contribution in [2.45, 2.75) is 32.4 Å². The Balaban J connectivity index is 2.14. The fourth-order valence-electron chi connectivity index (χ4n) is 1.83. The maximum Gasteiger partial charge on any atom is 0.108 e. The summed E-state index contributed by atoms with van der Waals surface area (Å²) in [6.45, 7) is 6.69. The van der Waals surface area contributed by atoms with Gasteiger partial charge in [-0.2, -0.15) is 0 Å². The lowest BCUT2D eigenvalue weighted by Crippen LogP contribution is -2.38. The van der Waals surface area contributed by atoms with E-state index in [9.17, 15) is 5.11 Å². The third-order valence-electron chi connectivity index (χ3n) is 2.91. The number of hydrogen-bond donors (Lipinski definition) is 2. The Morgan fingerprint density at radius 1 is 1.15 bits per heavy atom. The molecule has 0 bridgehead atoms. The van der Waals surface area contributed by atoms with Crippen LogP contribution in [-0.2, 0) is 0 Å². The second kappa shape index (κ2) is 6.11. The molecule has 0 radical (unpaired) electrons. The Morgan fingerprint density at radius 2 is 1.85 bits per heavy atom. The summed E-state index contributed by atoms with van der Waals surface area (Å²) < 4.78 is 0. The minimum absolute atomic E-state index is 0.0241. The second-order valence-electron chi connectivity index (χ2n) is 5.83. The Labute approximate surface area is 119 Å². The van der Waals surface area contributed by atoms with Crippen molar-refractivity contribution in [2.75, 3.05) is 6.54 Å². The molecule has 2 aromatic heterocycles. The minimum Gasteiger partial charge on any atom is -0.385 e. The predicted octanol–water partition coefficient (Wildman–Crippen LogP) is 2.57. The topological polar surface area (TPSA) is 58.0 Å². The van der Waals surface area contributed by atoms with Crippen molar-refractivity contribution in [1.82, 2.24) is 15.3 Å². The number of nitrogens with one attached hydrogen (secondary N) is 1. The van der Waals surface area contributed by atoms with Gasteiger partial charge in [-0.25, -0.2) is 0 Å². The summed E-state index contributed by atoms with van der Waals surface area (Å²) in [5, 5.41) is 13.5. The van der Waals surface area contributed by atoms with E-state index in [0.29, 0.717) is 12.2 Å². The van der Waals surface area contributed by atoms with E-state index in [2.05, 4.69) is 36.1 Å². The van der Waals surface area contributed by atoms with Gasteiger partial charge in [0.15, 0.2) is 0 Å². The van der Waals surface area contributed by atoms with Crippen LogP contribution in [0.1, 0.15) is 32.6 Å². The number of nitrogens with zero attached hydrogens (tertiary/aromatic N) is 2. The van der Waals surface area contributed by atoms with Gasteiger partial charge in [0.2, 0.25) is 0 Å². The van der Waals surface area contributed by atoms with Crippen molar-refractivity contribution in [1.29, 1.82) is 0 Å².